The standard InChI is InChI=1S/C9H8ClF3N2O/c1-14-8(16)15-6-4-2-3-5(7(6)10)9(11,12)13/h2-4H,1H3,(H2,14,15,16). The van der Waals surface area contributed by atoms with E-state index in [4.69, 9.17) is 11.6 Å². The van der Waals surface area contributed by atoms with Gasteiger partial charge in [-0.1, -0.05) is 17.7 Å². The third kappa shape index (κ3) is 2.79. The number of urea groups is 1. The SMILES string of the molecule is CNC(=O)Nc1cccc(C(F)(F)F)c1Cl. The van der Waals surface area contributed by atoms with Crippen molar-refractivity contribution in [1.82, 2.24) is 5.32 Å². The van der Waals surface area contributed by atoms with E-state index in [1.807, 2.05) is 0 Å². The lowest BCUT2D eigenvalue weighted by molar-refractivity contribution is -0.137. The molecule has 0 fully saturated rings. The Morgan fingerprint density at radius 2 is 2.00 bits per heavy atom. The zero-order chi connectivity index (χ0) is 12.3. The molecule has 7 heteroatoms. The van der Waals surface area contributed by atoms with E-state index < -0.39 is 22.8 Å². The fraction of sp³-hybridized carbons (Fsp3) is 0.222. The second-order valence-corrected chi connectivity index (χ2v) is 3.25. The van der Waals surface area contributed by atoms with Crippen LogP contribution in [-0.4, -0.2) is 13.1 Å². The smallest absolute Gasteiger partial charge is 0.341 e. The molecule has 0 saturated carbocycles. The van der Waals surface area contributed by atoms with Crippen LogP contribution in [0.25, 0.3) is 0 Å². The molecule has 0 aliphatic rings. The van der Waals surface area contributed by atoms with Crippen molar-refractivity contribution in [2.75, 3.05) is 12.4 Å². The number of benzene rings is 1. The lowest BCUT2D eigenvalue weighted by Gasteiger charge is -2.12. The summed E-state index contributed by atoms with van der Waals surface area (Å²) in [5, 5.41) is 3.87. The van der Waals surface area contributed by atoms with Crippen molar-refractivity contribution < 1.29 is 18.0 Å². The van der Waals surface area contributed by atoms with E-state index in [9.17, 15) is 18.0 Å². The molecule has 0 heterocycles. The average Bonchev–Trinajstić information content (AvgIpc) is 2.19. The number of carbonyl (C=O) groups is 1. The van der Waals surface area contributed by atoms with Crippen LogP contribution in [0, 0.1) is 0 Å². The number of rotatable bonds is 1. The second-order valence-electron chi connectivity index (χ2n) is 2.87. The van der Waals surface area contributed by atoms with E-state index >= 15 is 0 Å². The zero-order valence-corrected chi connectivity index (χ0v) is 8.91. The highest BCUT2D eigenvalue weighted by Gasteiger charge is 2.33. The minimum absolute atomic E-state index is 0.0872. The Morgan fingerprint density at radius 1 is 1.38 bits per heavy atom. The maximum absolute atomic E-state index is 12.4. The third-order valence-corrected chi connectivity index (χ3v) is 2.19. The quantitative estimate of drug-likeness (QED) is 0.792. The minimum Gasteiger partial charge on any atom is -0.341 e. The van der Waals surface area contributed by atoms with Gasteiger partial charge in [0, 0.05) is 7.05 Å². The largest absolute Gasteiger partial charge is 0.417 e. The van der Waals surface area contributed by atoms with E-state index in [1.54, 1.807) is 0 Å². The molecule has 2 amide bonds. The Kier molecular flexibility index (Phi) is 3.64. The molecule has 1 rings (SSSR count). The van der Waals surface area contributed by atoms with Gasteiger partial charge in [-0.25, -0.2) is 4.79 Å². The highest BCUT2D eigenvalue weighted by atomic mass is 35.5. The van der Waals surface area contributed by atoms with Gasteiger partial charge in [0.2, 0.25) is 0 Å². The van der Waals surface area contributed by atoms with Gasteiger partial charge in [0.15, 0.2) is 0 Å². The van der Waals surface area contributed by atoms with Gasteiger partial charge >= 0.3 is 12.2 Å². The van der Waals surface area contributed by atoms with Crippen molar-refractivity contribution in [2.45, 2.75) is 6.18 Å². The molecule has 1 aromatic rings. The van der Waals surface area contributed by atoms with E-state index in [-0.39, 0.29) is 5.69 Å². The van der Waals surface area contributed by atoms with Crippen molar-refractivity contribution in [3.8, 4) is 0 Å². The molecular formula is C9H8ClF3N2O. The van der Waals surface area contributed by atoms with E-state index in [0.717, 1.165) is 6.07 Å². The van der Waals surface area contributed by atoms with Crippen LogP contribution in [0.4, 0.5) is 23.7 Å². The molecule has 0 aliphatic heterocycles. The van der Waals surface area contributed by atoms with Gasteiger partial charge in [0.25, 0.3) is 0 Å². The Labute approximate surface area is 94.6 Å². The topological polar surface area (TPSA) is 41.1 Å². The molecule has 0 aromatic heterocycles. The Hall–Kier alpha value is -1.43. The predicted octanol–water partition coefficient (Wildman–Crippen LogP) is 3.11. The summed E-state index contributed by atoms with van der Waals surface area (Å²) in [6.07, 6.45) is -4.54. The monoisotopic (exact) mass is 252 g/mol. The predicted molar refractivity (Wildman–Crippen MR) is 54.5 cm³/mol. The molecule has 0 unspecified atom stereocenters. The van der Waals surface area contributed by atoms with Crippen molar-refractivity contribution in [2.24, 2.45) is 0 Å². The third-order valence-electron chi connectivity index (χ3n) is 1.78. The molecule has 0 bridgehead atoms. The number of amides is 2. The Balaban J connectivity index is 3.09. The molecule has 0 spiro atoms. The Bertz CT molecular complexity index is 406. The van der Waals surface area contributed by atoms with Gasteiger partial charge in [-0.3, -0.25) is 0 Å². The molecule has 0 atom stereocenters. The molecular weight excluding hydrogens is 245 g/mol. The first-order valence-electron chi connectivity index (χ1n) is 4.20. The Morgan fingerprint density at radius 3 is 2.50 bits per heavy atom. The van der Waals surface area contributed by atoms with E-state index in [0.29, 0.717) is 0 Å². The van der Waals surface area contributed by atoms with Gasteiger partial charge in [0.05, 0.1) is 16.3 Å². The molecule has 1 aromatic carbocycles. The first-order valence-corrected chi connectivity index (χ1v) is 4.58. The van der Waals surface area contributed by atoms with Crippen LogP contribution in [0.15, 0.2) is 18.2 Å². The summed E-state index contributed by atoms with van der Waals surface area (Å²) in [7, 11) is 1.34. The van der Waals surface area contributed by atoms with E-state index in [2.05, 4.69) is 10.6 Å². The number of alkyl halides is 3. The summed E-state index contributed by atoms with van der Waals surface area (Å²) in [6, 6.07) is 2.66. The summed E-state index contributed by atoms with van der Waals surface area (Å²) >= 11 is 5.53. The highest BCUT2D eigenvalue weighted by Crippen LogP contribution is 2.37. The van der Waals surface area contributed by atoms with Crippen molar-refractivity contribution >= 4 is 23.3 Å². The number of hydrogen-bond donors (Lipinski definition) is 2. The van der Waals surface area contributed by atoms with Crippen molar-refractivity contribution in [3.63, 3.8) is 0 Å². The van der Waals surface area contributed by atoms with Gasteiger partial charge in [-0.15, -0.1) is 0 Å². The van der Waals surface area contributed by atoms with E-state index in [1.165, 1.54) is 19.2 Å². The number of hydrogen-bond acceptors (Lipinski definition) is 1. The number of carbonyl (C=O) groups excluding carboxylic acids is 1. The van der Waals surface area contributed by atoms with Crippen molar-refractivity contribution in [1.29, 1.82) is 0 Å². The average molecular weight is 253 g/mol. The summed E-state index contributed by atoms with van der Waals surface area (Å²) in [6.45, 7) is 0. The summed E-state index contributed by atoms with van der Waals surface area (Å²) in [5.41, 5.74) is -1.07. The highest BCUT2D eigenvalue weighted by molar-refractivity contribution is 6.34. The van der Waals surface area contributed by atoms with Gasteiger partial charge in [0.1, 0.15) is 0 Å². The molecule has 0 radical (unpaired) electrons. The first-order chi connectivity index (χ1) is 7.36. The summed E-state index contributed by atoms with van der Waals surface area (Å²) in [5.74, 6) is 0. The fourth-order valence-corrected chi connectivity index (χ4v) is 1.31. The number of halogens is 4. The summed E-state index contributed by atoms with van der Waals surface area (Å²) < 4.78 is 37.3. The van der Waals surface area contributed by atoms with Crippen molar-refractivity contribution in [3.05, 3.63) is 28.8 Å². The normalized spacial score (nSPS) is 11.1. The maximum Gasteiger partial charge on any atom is 0.417 e. The van der Waals surface area contributed by atoms with Gasteiger partial charge < -0.3 is 10.6 Å². The van der Waals surface area contributed by atoms with Gasteiger partial charge in [-0.05, 0) is 12.1 Å². The van der Waals surface area contributed by atoms with Crippen LogP contribution in [0.1, 0.15) is 5.56 Å². The summed E-state index contributed by atoms with van der Waals surface area (Å²) in [4.78, 5) is 10.9. The lowest BCUT2D eigenvalue weighted by Crippen LogP contribution is -2.24. The van der Waals surface area contributed by atoms with Crippen LogP contribution in [0.2, 0.25) is 5.02 Å². The van der Waals surface area contributed by atoms with Crippen LogP contribution >= 0.6 is 11.6 Å². The number of anilines is 1. The van der Waals surface area contributed by atoms with Gasteiger partial charge in [-0.2, -0.15) is 13.2 Å². The molecule has 3 nitrogen and oxygen atoms in total. The molecule has 0 saturated heterocycles. The molecule has 88 valence electrons. The molecule has 16 heavy (non-hydrogen) atoms. The second kappa shape index (κ2) is 4.61. The first kappa shape index (κ1) is 12.6. The fourth-order valence-electron chi connectivity index (χ4n) is 1.03. The van der Waals surface area contributed by atoms with Crippen LogP contribution in [0.5, 0.6) is 0 Å². The van der Waals surface area contributed by atoms with Crippen LogP contribution in [-0.2, 0) is 6.18 Å². The lowest BCUT2D eigenvalue weighted by atomic mass is 10.2. The van der Waals surface area contributed by atoms with Crippen LogP contribution < -0.4 is 10.6 Å². The zero-order valence-electron chi connectivity index (χ0n) is 8.15. The maximum atomic E-state index is 12.4. The van der Waals surface area contributed by atoms with Crippen LogP contribution in [0.3, 0.4) is 0 Å². The molecule has 0 aliphatic carbocycles. The minimum atomic E-state index is -4.54. The molecule has 2 N–H and O–H groups in total. The number of nitrogens with one attached hydrogen (secondary N) is 2.